The molecule has 2 aliphatic carbocycles. The van der Waals surface area contributed by atoms with E-state index in [4.69, 9.17) is 0 Å². The highest BCUT2D eigenvalue weighted by Gasteiger charge is 2.36. The van der Waals surface area contributed by atoms with Crippen molar-refractivity contribution in [3.8, 4) is 6.07 Å². The predicted molar refractivity (Wildman–Crippen MR) is 72.0 cm³/mol. The van der Waals surface area contributed by atoms with Gasteiger partial charge >= 0.3 is 0 Å². The van der Waals surface area contributed by atoms with Gasteiger partial charge in [0.15, 0.2) is 0 Å². The van der Waals surface area contributed by atoms with E-state index in [0.29, 0.717) is 0 Å². The first-order chi connectivity index (χ1) is 8.84. The third kappa shape index (κ3) is 2.15. The molecule has 0 amide bonds. The van der Waals surface area contributed by atoms with Crippen LogP contribution in [0, 0.1) is 17.2 Å². The standard InChI is InChI=1S/C16H20N2/c17-12-16(18-11-13-8-9-13)10-4-3-6-14-5-1-2-7-15(14)16/h1-2,5,7,13,18H,3-4,6,8-11H2. The molecule has 0 spiro atoms. The predicted octanol–water partition coefficient (Wildman–Crippen LogP) is 3.13. The molecule has 94 valence electrons. The lowest BCUT2D eigenvalue weighted by atomic mass is 9.85. The topological polar surface area (TPSA) is 35.8 Å². The molecule has 0 bridgehead atoms. The number of benzene rings is 1. The summed E-state index contributed by atoms with van der Waals surface area (Å²) in [6.07, 6.45) is 7.07. The quantitative estimate of drug-likeness (QED) is 0.824. The molecule has 2 heteroatoms. The molecule has 1 fully saturated rings. The molecule has 1 N–H and O–H groups in total. The zero-order chi connectivity index (χ0) is 12.4. The Morgan fingerprint density at radius 2 is 2.11 bits per heavy atom. The van der Waals surface area contributed by atoms with E-state index < -0.39 is 5.54 Å². The molecule has 0 radical (unpaired) electrons. The molecule has 1 atom stereocenters. The maximum absolute atomic E-state index is 9.73. The van der Waals surface area contributed by atoms with Crippen molar-refractivity contribution < 1.29 is 0 Å². The van der Waals surface area contributed by atoms with E-state index in [1.807, 2.05) is 0 Å². The summed E-state index contributed by atoms with van der Waals surface area (Å²) in [5.74, 6) is 0.811. The monoisotopic (exact) mass is 240 g/mol. The second-order valence-electron chi connectivity index (χ2n) is 5.71. The molecular weight excluding hydrogens is 220 g/mol. The minimum atomic E-state index is -0.435. The van der Waals surface area contributed by atoms with E-state index in [0.717, 1.165) is 31.7 Å². The lowest BCUT2D eigenvalue weighted by Gasteiger charge is -2.29. The Balaban J connectivity index is 1.93. The fourth-order valence-corrected chi connectivity index (χ4v) is 2.97. The van der Waals surface area contributed by atoms with Crippen LogP contribution < -0.4 is 5.32 Å². The van der Waals surface area contributed by atoms with E-state index in [9.17, 15) is 5.26 Å². The van der Waals surface area contributed by atoms with E-state index >= 15 is 0 Å². The van der Waals surface area contributed by atoms with Crippen LogP contribution in [0.5, 0.6) is 0 Å². The summed E-state index contributed by atoms with van der Waals surface area (Å²) in [6.45, 7) is 1.00. The van der Waals surface area contributed by atoms with Gasteiger partial charge in [-0.2, -0.15) is 5.26 Å². The number of rotatable bonds is 3. The van der Waals surface area contributed by atoms with Crippen molar-refractivity contribution in [2.45, 2.75) is 44.1 Å². The first kappa shape index (κ1) is 11.7. The minimum Gasteiger partial charge on any atom is -0.295 e. The van der Waals surface area contributed by atoms with E-state index in [1.165, 1.54) is 30.4 Å². The molecule has 0 heterocycles. The highest BCUT2D eigenvalue weighted by molar-refractivity contribution is 5.39. The fourth-order valence-electron chi connectivity index (χ4n) is 2.97. The zero-order valence-electron chi connectivity index (χ0n) is 10.8. The molecule has 0 aromatic heterocycles. The van der Waals surface area contributed by atoms with E-state index in [2.05, 4.69) is 35.7 Å². The maximum atomic E-state index is 9.73. The highest BCUT2D eigenvalue weighted by Crippen LogP contribution is 2.35. The molecule has 0 saturated heterocycles. The van der Waals surface area contributed by atoms with Crippen LogP contribution >= 0.6 is 0 Å². The smallest absolute Gasteiger partial charge is 0.132 e. The van der Waals surface area contributed by atoms with Crippen LogP contribution in [-0.2, 0) is 12.0 Å². The summed E-state index contributed by atoms with van der Waals surface area (Å²) in [6, 6.07) is 11.1. The summed E-state index contributed by atoms with van der Waals surface area (Å²) in [5, 5.41) is 13.3. The van der Waals surface area contributed by atoms with E-state index in [-0.39, 0.29) is 0 Å². The first-order valence-electron chi connectivity index (χ1n) is 7.09. The van der Waals surface area contributed by atoms with Crippen LogP contribution in [0.15, 0.2) is 24.3 Å². The number of hydrogen-bond acceptors (Lipinski definition) is 2. The van der Waals surface area contributed by atoms with Crippen LogP contribution in [0.1, 0.15) is 43.2 Å². The SMILES string of the molecule is N#CC1(NCC2CC2)CCCCc2ccccc21. The Hall–Kier alpha value is -1.33. The van der Waals surface area contributed by atoms with Gasteiger partial charge in [0.1, 0.15) is 5.54 Å². The highest BCUT2D eigenvalue weighted by atomic mass is 15.0. The number of nitrogens with zero attached hydrogens (tertiary/aromatic N) is 1. The molecule has 18 heavy (non-hydrogen) atoms. The van der Waals surface area contributed by atoms with Crippen molar-refractivity contribution in [2.24, 2.45) is 5.92 Å². The van der Waals surface area contributed by atoms with Crippen molar-refractivity contribution >= 4 is 0 Å². The summed E-state index contributed by atoms with van der Waals surface area (Å²) in [7, 11) is 0. The molecule has 2 aliphatic rings. The Bertz CT molecular complexity index is 470. The second-order valence-corrected chi connectivity index (χ2v) is 5.71. The number of aryl methyl sites for hydroxylation is 1. The van der Waals surface area contributed by atoms with Crippen molar-refractivity contribution in [1.29, 1.82) is 5.26 Å². The number of fused-ring (bicyclic) bond motifs is 1. The van der Waals surface area contributed by atoms with Crippen LogP contribution in [0.4, 0.5) is 0 Å². The van der Waals surface area contributed by atoms with Gasteiger partial charge in [0.05, 0.1) is 6.07 Å². The summed E-state index contributed by atoms with van der Waals surface area (Å²) in [5.41, 5.74) is 2.15. The summed E-state index contributed by atoms with van der Waals surface area (Å²) >= 11 is 0. The third-order valence-corrected chi connectivity index (χ3v) is 4.31. The van der Waals surface area contributed by atoms with Gasteiger partial charge in [-0.3, -0.25) is 5.32 Å². The molecule has 1 saturated carbocycles. The normalized spacial score (nSPS) is 27.1. The lowest BCUT2D eigenvalue weighted by molar-refractivity contribution is 0.384. The largest absolute Gasteiger partial charge is 0.295 e. The average molecular weight is 240 g/mol. The van der Waals surface area contributed by atoms with Crippen LogP contribution in [0.3, 0.4) is 0 Å². The third-order valence-electron chi connectivity index (χ3n) is 4.31. The van der Waals surface area contributed by atoms with Crippen molar-refractivity contribution in [1.82, 2.24) is 5.32 Å². The van der Waals surface area contributed by atoms with Crippen LogP contribution in [-0.4, -0.2) is 6.54 Å². The fraction of sp³-hybridized carbons (Fsp3) is 0.562. The van der Waals surface area contributed by atoms with Gasteiger partial charge in [0.2, 0.25) is 0 Å². The number of nitriles is 1. The Labute approximate surface area is 109 Å². The molecule has 1 aromatic rings. The van der Waals surface area contributed by atoms with Crippen LogP contribution in [0.25, 0.3) is 0 Å². The molecular formula is C16H20N2. The first-order valence-corrected chi connectivity index (χ1v) is 7.09. The second kappa shape index (κ2) is 4.74. The molecule has 1 unspecified atom stereocenters. The van der Waals surface area contributed by atoms with E-state index in [1.54, 1.807) is 0 Å². The van der Waals surface area contributed by atoms with Gasteiger partial charge in [-0.25, -0.2) is 0 Å². The van der Waals surface area contributed by atoms with Crippen LogP contribution in [0.2, 0.25) is 0 Å². The summed E-state index contributed by atoms with van der Waals surface area (Å²) < 4.78 is 0. The van der Waals surface area contributed by atoms with Gasteiger partial charge in [-0.05, 0) is 62.1 Å². The van der Waals surface area contributed by atoms with Gasteiger partial charge in [0.25, 0.3) is 0 Å². The molecule has 0 aliphatic heterocycles. The van der Waals surface area contributed by atoms with Gasteiger partial charge in [-0.1, -0.05) is 24.3 Å². The molecule has 2 nitrogen and oxygen atoms in total. The summed E-state index contributed by atoms with van der Waals surface area (Å²) in [4.78, 5) is 0. The Morgan fingerprint density at radius 3 is 2.89 bits per heavy atom. The lowest BCUT2D eigenvalue weighted by Crippen LogP contribution is -2.42. The number of hydrogen-bond donors (Lipinski definition) is 1. The van der Waals surface area contributed by atoms with Gasteiger partial charge in [0, 0.05) is 0 Å². The van der Waals surface area contributed by atoms with Gasteiger partial charge < -0.3 is 0 Å². The van der Waals surface area contributed by atoms with Crippen molar-refractivity contribution in [3.63, 3.8) is 0 Å². The minimum absolute atomic E-state index is 0.435. The Morgan fingerprint density at radius 1 is 1.28 bits per heavy atom. The van der Waals surface area contributed by atoms with Gasteiger partial charge in [-0.15, -0.1) is 0 Å². The maximum Gasteiger partial charge on any atom is 0.132 e. The average Bonchev–Trinajstić information content (AvgIpc) is 3.24. The zero-order valence-corrected chi connectivity index (χ0v) is 10.8. The van der Waals surface area contributed by atoms with Crippen molar-refractivity contribution in [2.75, 3.05) is 6.54 Å². The van der Waals surface area contributed by atoms with Crippen molar-refractivity contribution in [3.05, 3.63) is 35.4 Å². The molecule has 1 aromatic carbocycles. The Kier molecular flexibility index (Phi) is 3.09. The number of nitrogens with one attached hydrogen (secondary N) is 1. The molecule has 3 rings (SSSR count).